The predicted molar refractivity (Wildman–Crippen MR) is 77.6 cm³/mol. The molecule has 0 fully saturated rings. The summed E-state index contributed by atoms with van der Waals surface area (Å²) in [6.07, 6.45) is 5.17. The van der Waals surface area contributed by atoms with E-state index >= 15 is 0 Å². The lowest BCUT2D eigenvalue weighted by molar-refractivity contribution is -0.150. The smallest absolute Gasteiger partial charge is 0.308 e. The molecule has 0 saturated carbocycles. The number of unbranched alkanes of at least 4 members (excludes halogenated alkanes) is 2. The first-order valence-electron chi connectivity index (χ1n) is 7.69. The minimum absolute atomic E-state index is 0.0219. The molecule has 0 bridgehead atoms. The molecule has 0 rings (SSSR count). The molecule has 5 nitrogen and oxygen atoms in total. The van der Waals surface area contributed by atoms with Gasteiger partial charge >= 0.3 is 5.97 Å². The first-order valence-corrected chi connectivity index (χ1v) is 7.69. The molecule has 0 aliphatic rings. The topological polar surface area (TPSA) is 65.0 Å². The maximum Gasteiger partial charge on any atom is 0.308 e. The van der Waals surface area contributed by atoms with E-state index in [0.717, 1.165) is 25.7 Å². The lowest BCUT2D eigenvalue weighted by Gasteiger charge is -2.14. The van der Waals surface area contributed by atoms with Gasteiger partial charge in [-0.2, -0.15) is 0 Å². The Balaban J connectivity index is 3.49. The van der Waals surface area contributed by atoms with Crippen molar-refractivity contribution in [1.29, 1.82) is 0 Å². The summed E-state index contributed by atoms with van der Waals surface area (Å²) < 4.78 is 15.5. The molecular formula is C15H30O5. The van der Waals surface area contributed by atoms with Crippen LogP contribution in [0.15, 0.2) is 0 Å². The second-order valence-electron chi connectivity index (χ2n) is 4.72. The number of ether oxygens (including phenoxy) is 3. The monoisotopic (exact) mass is 290 g/mol. The van der Waals surface area contributed by atoms with Gasteiger partial charge in [-0.3, -0.25) is 4.79 Å². The maximum absolute atomic E-state index is 11.8. The fourth-order valence-electron chi connectivity index (χ4n) is 1.83. The third-order valence-electron chi connectivity index (χ3n) is 3.06. The van der Waals surface area contributed by atoms with Gasteiger partial charge in [0.05, 0.1) is 39.0 Å². The van der Waals surface area contributed by atoms with Gasteiger partial charge in [0.25, 0.3) is 0 Å². The summed E-state index contributed by atoms with van der Waals surface area (Å²) in [5.41, 5.74) is 0. The van der Waals surface area contributed by atoms with Gasteiger partial charge in [-0.15, -0.1) is 0 Å². The summed E-state index contributed by atoms with van der Waals surface area (Å²) in [4.78, 5) is 11.8. The van der Waals surface area contributed by atoms with Crippen molar-refractivity contribution in [3.05, 3.63) is 0 Å². The minimum Gasteiger partial charge on any atom is -0.463 e. The fraction of sp³-hybridized carbons (Fsp3) is 0.933. The highest BCUT2D eigenvalue weighted by atomic mass is 16.6. The number of hydrogen-bond donors (Lipinski definition) is 1. The van der Waals surface area contributed by atoms with Crippen molar-refractivity contribution >= 4 is 5.97 Å². The Hall–Kier alpha value is -0.650. The van der Waals surface area contributed by atoms with E-state index in [9.17, 15) is 4.79 Å². The normalized spacial score (nSPS) is 12.3. The maximum atomic E-state index is 11.8. The summed E-state index contributed by atoms with van der Waals surface area (Å²) in [7, 11) is 0. The Morgan fingerprint density at radius 3 is 2.25 bits per heavy atom. The highest BCUT2D eigenvalue weighted by molar-refractivity contribution is 5.72. The summed E-state index contributed by atoms with van der Waals surface area (Å²) >= 11 is 0. The first kappa shape index (κ1) is 19.4. The second kappa shape index (κ2) is 14.8. The molecule has 1 unspecified atom stereocenters. The number of esters is 1. The van der Waals surface area contributed by atoms with Crippen LogP contribution in [0.25, 0.3) is 0 Å². The van der Waals surface area contributed by atoms with Gasteiger partial charge in [0.15, 0.2) is 0 Å². The quantitative estimate of drug-likeness (QED) is 0.392. The molecule has 120 valence electrons. The highest BCUT2D eigenvalue weighted by Gasteiger charge is 2.17. The van der Waals surface area contributed by atoms with E-state index in [1.165, 1.54) is 6.42 Å². The molecule has 0 radical (unpaired) electrons. The summed E-state index contributed by atoms with van der Waals surface area (Å²) in [6, 6.07) is 0. The standard InChI is InChI=1S/C15H30O5/c1-3-5-6-7-14(4-2)15(17)20-13-12-19-11-10-18-9-8-16/h14,16H,3-13H2,1-2H3. The number of carbonyl (C=O) groups excluding carboxylic acids is 1. The van der Waals surface area contributed by atoms with Crippen molar-refractivity contribution in [2.75, 3.05) is 39.6 Å². The van der Waals surface area contributed by atoms with Gasteiger partial charge in [-0.05, 0) is 12.8 Å². The van der Waals surface area contributed by atoms with Crippen molar-refractivity contribution in [2.45, 2.75) is 46.0 Å². The van der Waals surface area contributed by atoms with Crippen LogP contribution in [0, 0.1) is 5.92 Å². The molecule has 0 aromatic rings. The molecule has 0 amide bonds. The minimum atomic E-state index is -0.108. The number of aliphatic hydroxyl groups is 1. The average Bonchev–Trinajstić information content (AvgIpc) is 2.46. The van der Waals surface area contributed by atoms with E-state index in [1.807, 2.05) is 6.92 Å². The molecule has 0 saturated heterocycles. The first-order chi connectivity index (χ1) is 9.76. The molecule has 1 atom stereocenters. The number of rotatable bonds is 14. The Kier molecular flexibility index (Phi) is 14.3. The van der Waals surface area contributed by atoms with Crippen molar-refractivity contribution in [1.82, 2.24) is 0 Å². The van der Waals surface area contributed by atoms with Gasteiger partial charge in [0.2, 0.25) is 0 Å². The van der Waals surface area contributed by atoms with E-state index in [0.29, 0.717) is 33.0 Å². The van der Waals surface area contributed by atoms with E-state index in [4.69, 9.17) is 19.3 Å². The summed E-state index contributed by atoms with van der Waals surface area (Å²) in [6.45, 7) is 6.10. The van der Waals surface area contributed by atoms with Gasteiger partial charge in [0, 0.05) is 0 Å². The van der Waals surface area contributed by atoms with Gasteiger partial charge < -0.3 is 19.3 Å². The number of hydrogen-bond acceptors (Lipinski definition) is 5. The van der Waals surface area contributed by atoms with Gasteiger partial charge in [0.1, 0.15) is 6.61 Å². The van der Waals surface area contributed by atoms with Crippen LogP contribution in [0.1, 0.15) is 46.0 Å². The highest BCUT2D eigenvalue weighted by Crippen LogP contribution is 2.15. The molecule has 0 aliphatic carbocycles. The molecule has 0 aromatic carbocycles. The third kappa shape index (κ3) is 11.2. The molecule has 0 aromatic heterocycles. The molecule has 0 spiro atoms. The lowest BCUT2D eigenvalue weighted by Crippen LogP contribution is -2.20. The Morgan fingerprint density at radius 2 is 1.65 bits per heavy atom. The third-order valence-corrected chi connectivity index (χ3v) is 3.06. The molecule has 5 heteroatoms. The second-order valence-corrected chi connectivity index (χ2v) is 4.72. The number of carbonyl (C=O) groups is 1. The van der Waals surface area contributed by atoms with Crippen LogP contribution < -0.4 is 0 Å². The van der Waals surface area contributed by atoms with E-state index in [-0.39, 0.29) is 18.5 Å². The molecular weight excluding hydrogens is 260 g/mol. The van der Waals surface area contributed by atoms with E-state index in [1.54, 1.807) is 0 Å². The van der Waals surface area contributed by atoms with Crippen LogP contribution in [-0.2, 0) is 19.0 Å². The Morgan fingerprint density at radius 1 is 1.00 bits per heavy atom. The molecule has 20 heavy (non-hydrogen) atoms. The van der Waals surface area contributed by atoms with Crippen LogP contribution in [0.2, 0.25) is 0 Å². The molecule has 0 aliphatic heterocycles. The van der Waals surface area contributed by atoms with E-state index in [2.05, 4.69) is 6.92 Å². The largest absolute Gasteiger partial charge is 0.463 e. The van der Waals surface area contributed by atoms with Crippen LogP contribution in [-0.4, -0.2) is 50.7 Å². The van der Waals surface area contributed by atoms with Crippen molar-refractivity contribution < 1.29 is 24.1 Å². The van der Waals surface area contributed by atoms with Gasteiger partial charge in [-0.1, -0.05) is 33.1 Å². The fourth-order valence-corrected chi connectivity index (χ4v) is 1.83. The van der Waals surface area contributed by atoms with Gasteiger partial charge in [-0.25, -0.2) is 0 Å². The SMILES string of the molecule is CCCCCC(CC)C(=O)OCCOCCOCCO. The lowest BCUT2D eigenvalue weighted by atomic mass is 9.99. The molecule has 0 heterocycles. The predicted octanol–water partition coefficient (Wildman–Crippen LogP) is 2.16. The van der Waals surface area contributed by atoms with Crippen LogP contribution in [0.5, 0.6) is 0 Å². The zero-order chi connectivity index (χ0) is 15.1. The van der Waals surface area contributed by atoms with Crippen molar-refractivity contribution in [3.8, 4) is 0 Å². The average molecular weight is 290 g/mol. The molecule has 1 N–H and O–H groups in total. The van der Waals surface area contributed by atoms with Crippen LogP contribution in [0.3, 0.4) is 0 Å². The van der Waals surface area contributed by atoms with E-state index < -0.39 is 0 Å². The number of aliphatic hydroxyl groups excluding tert-OH is 1. The summed E-state index contributed by atoms with van der Waals surface area (Å²) in [5.74, 6) is -0.0850. The van der Waals surface area contributed by atoms with Crippen LogP contribution >= 0.6 is 0 Å². The Labute approximate surface area is 122 Å². The Bertz CT molecular complexity index is 220. The zero-order valence-corrected chi connectivity index (χ0v) is 12.9. The van der Waals surface area contributed by atoms with Crippen LogP contribution in [0.4, 0.5) is 0 Å². The van der Waals surface area contributed by atoms with Crippen molar-refractivity contribution in [2.24, 2.45) is 5.92 Å². The van der Waals surface area contributed by atoms with Crippen molar-refractivity contribution in [3.63, 3.8) is 0 Å². The zero-order valence-electron chi connectivity index (χ0n) is 12.9. The summed E-state index contributed by atoms with van der Waals surface area (Å²) in [5, 5.41) is 8.50.